The highest BCUT2D eigenvalue weighted by Crippen LogP contribution is 2.41. The first-order chi connectivity index (χ1) is 9.66. The van der Waals surface area contributed by atoms with Crippen LogP contribution >= 0.6 is 0 Å². The summed E-state index contributed by atoms with van der Waals surface area (Å²) in [7, 11) is 0.730. The van der Waals surface area contributed by atoms with Crippen molar-refractivity contribution >= 4 is 13.4 Å². The summed E-state index contributed by atoms with van der Waals surface area (Å²) in [5, 5.41) is 0. The standard InChI is InChI=1S/C15H22BNO4/c1-13(2)14(3,4)21-16(20-13)15(17,19-5)12-8-6-7-11(9-12)10-18/h6-10H,17H2,1-5H3/t15-/m1/s1. The quantitative estimate of drug-likeness (QED) is 0.521. The fourth-order valence-electron chi connectivity index (χ4n) is 2.22. The molecule has 0 aliphatic carbocycles. The second-order valence-electron chi connectivity index (χ2n) is 6.33. The molecule has 5 nitrogen and oxygen atoms in total. The molecule has 6 heteroatoms. The molecule has 1 aliphatic heterocycles. The first-order valence-electron chi connectivity index (χ1n) is 6.92. The molecule has 1 saturated heterocycles. The lowest BCUT2D eigenvalue weighted by Crippen LogP contribution is -2.54. The second-order valence-corrected chi connectivity index (χ2v) is 6.33. The van der Waals surface area contributed by atoms with Crippen molar-refractivity contribution in [2.24, 2.45) is 5.73 Å². The average molecular weight is 291 g/mol. The molecule has 1 aromatic rings. The topological polar surface area (TPSA) is 70.8 Å². The molecule has 0 spiro atoms. The lowest BCUT2D eigenvalue weighted by Gasteiger charge is -2.32. The van der Waals surface area contributed by atoms with Gasteiger partial charge in [-0.1, -0.05) is 18.2 Å². The molecule has 1 aromatic carbocycles. The number of carbonyl (C=O) groups is 1. The average Bonchev–Trinajstić information content (AvgIpc) is 2.67. The monoisotopic (exact) mass is 291 g/mol. The number of rotatable bonds is 4. The molecule has 0 unspecified atom stereocenters. The normalized spacial score (nSPS) is 22.9. The molecule has 0 saturated carbocycles. The minimum atomic E-state index is -1.29. The van der Waals surface area contributed by atoms with Crippen molar-refractivity contribution in [3.63, 3.8) is 0 Å². The molecule has 1 heterocycles. The number of hydrogen-bond acceptors (Lipinski definition) is 5. The molecule has 114 valence electrons. The summed E-state index contributed by atoms with van der Waals surface area (Å²) in [6.07, 6.45) is 0.768. The number of carbonyl (C=O) groups excluding carboxylic acids is 1. The van der Waals surface area contributed by atoms with Crippen molar-refractivity contribution < 1.29 is 18.8 Å². The van der Waals surface area contributed by atoms with Crippen LogP contribution in [0.15, 0.2) is 24.3 Å². The van der Waals surface area contributed by atoms with E-state index in [2.05, 4.69) is 0 Å². The third-order valence-electron chi connectivity index (χ3n) is 4.42. The fraction of sp³-hybridized carbons (Fsp3) is 0.533. The van der Waals surface area contributed by atoms with Crippen LogP contribution in [0.2, 0.25) is 0 Å². The molecule has 2 N–H and O–H groups in total. The minimum absolute atomic E-state index is 0.511. The summed E-state index contributed by atoms with van der Waals surface area (Å²) in [6.45, 7) is 7.80. The number of ether oxygens (including phenoxy) is 1. The van der Waals surface area contributed by atoms with Gasteiger partial charge >= 0.3 is 7.12 Å². The van der Waals surface area contributed by atoms with E-state index in [-0.39, 0.29) is 0 Å². The smallest absolute Gasteiger partial charge is 0.400 e. The van der Waals surface area contributed by atoms with Crippen LogP contribution in [-0.2, 0) is 19.7 Å². The van der Waals surface area contributed by atoms with Gasteiger partial charge < -0.3 is 19.8 Å². The Morgan fingerprint density at radius 1 is 1.24 bits per heavy atom. The summed E-state index contributed by atoms with van der Waals surface area (Å²) in [5.41, 5.74) is 5.25. The van der Waals surface area contributed by atoms with E-state index in [4.69, 9.17) is 19.8 Å². The van der Waals surface area contributed by atoms with E-state index in [1.807, 2.05) is 27.7 Å². The zero-order valence-electron chi connectivity index (χ0n) is 13.2. The number of benzene rings is 1. The third-order valence-corrected chi connectivity index (χ3v) is 4.42. The van der Waals surface area contributed by atoms with Gasteiger partial charge in [0.2, 0.25) is 0 Å². The lowest BCUT2D eigenvalue weighted by molar-refractivity contribution is 0.00578. The van der Waals surface area contributed by atoms with Crippen molar-refractivity contribution in [2.45, 2.75) is 44.5 Å². The van der Waals surface area contributed by atoms with Crippen molar-refractivity contribution in [3.8, 4) is 0 Å². The highest BCUT2D eigenvalue weighted by Gasteiger charge is 2.59. The molecule has 21 heavy (non-hydrogen) atoms. The predicted molar refractivity (Wildman–Crippen MR) is 80.8 cm³/mol. The van der Waals surface area contributed by atoms with Crippen LogP contribution < -0.4 is 5.73 Å². The van der Waals surface area contributed by atoms with Crippen LogP contribution in [-0.4, -0.2) is 31.7 Å². The van der Waals surface area contributed by atoms with Crippen molar-refractivity contribution in [2.75, 3.05) is 7.11 Å². The Balaban J connectivity index is 2.40. The molecule has 0 amide bonds. The SMILES string of the molecule is CO[C@@](N)(B1OC(C)(C)C(C)(C)O1)c1cccc(C=O)c1. The van der Waals surface area contributed by atoms with Gasteiger partial charge in [0.1, 0.15) is 6.29 Å². The van der Waals surface area contributed by atoms with Crippen LogP contribution in [0.4, 0.5) is 0 Å². The lowest BCUT2D eigenvalue weighted by atomic mass is 9.70. The van der Waals surface area contributed by atoms with E-state index >= 15 is 0 Å². The second kappa shape index (κ2) is 5.21. The van der Waals surface area contributed by atoms with Crippen molar-refractivity contribution in [1.82, 2.24) is 0 Å². The largest absolute Gasteiger partial charge is 0.513 e. The summed E-state index contributed by atoms with van der Waals surface area (Å²) in [4.78, 5) is 11.0. The van der Waals surface area contributed by atoms with Gasteiger partial charge in [0.15, 0.2) is 5.62 Å². The van der Waals surface area contributed by atoms with Gasteiger partial charge in [0, 0.05) is 12.7 Å². The molecule has 0 bridgehead atoms. The maximum atomic E-state index is 11.0. The maximum absolute atomic E-state index is 11.0. The van der Waals surface area contributed by atoms with Gasteiger partial charge in [-0.2, -0.15) is 0 Å². The summed E-state index contributed by atoms with van der Waals surface area (Å²) in [5.74, 6) is 0. The van der Waals surface area contributed by atoms with E-state index in [1.165, 1.54) is 7.11 Å². The van der Waals surface area contributed by atoms with E-state index in [0.29, 0.717) is 11.1 Å². The van der Waals surface area contributed by atoms with Crippen LogP contribution in [0.5, 0.6) is 0 Å². The van der Waals surface area contributed by atoms with Crippen LogP contribution in [0, 0.1) is 0 Å². The Bertz CT molecular complexity index is 530. The molecule has 0 radical (unpaired) electrons. The van der Waals surface area contributed by atoms with Crippen LogP contribution in [0.3, 0.4) is 0 Å². The number of hydrogen-bond donors (Lipinski definition) is 1. The molecule has 2 rings (SSSR count). The van der Waals surface area contributed by atoms with E-state index < -0.39 is 23.9 Å². The van der Waals surface area contributed by atoms with E-state index in [1.54, 1.807) is 24.3 Å². The van der Waals surface area contributed by atoms with Gasteiger partial charge in [0.05, 0.1) is 11.2 Å². The molecule has 0 aromatic heterocycles. The van der Waals surface area contributed by atoms with Gasteiger partial charge in [-0.05, 0) is 39.3 Å². The number of nitrogens with two attached hydrogens (primary N) is 1. The molecular formula is C15H22BNO4. The Labute approximate surface area is 125 Å². The Morgan fingerprint density at radius 2 is 1.81 bits per heavy atom. The van der Waals surface area contributed by atoms with Gasteiger partial charge in [-0.15, -0.1) is 0 Å². The van der Waals surface area contributed by atoms with Crippen molar-refractivity contribution in [1.29, 1.82) is 0 Å². The molecule has 1 aliphatic rings. The van der Waals surface area contributed by atoms with Gasteiger partial charge in [0.25, 0.3) is 0 Å². The summed E-state index contributed by atoms with van der Waals surface area (Å²) < 4.78 is 17.5. The van der Waals surface area contributed by atoms with E-state index in [9.17, 15) is 4.79 Å². The Hall–Kier alpha value is -1.21. The van der Waals surface area contributed by atoms with Gasteiger partial charge in [-0.3, -0.25) is 4.79 Å². The van der Waals surface area contributed by atoms with Gasteiger partial charge in [-0.25, -0.2) is 0 Å². The molecular weight excluding hydrogens is 269 g/mol. The third kappa shape index (κ3) is 2.64. The first-order valence-corrected chi connectivity index (χ1v) is 6.92. The van der Waals surface area contributed by atoms with Crippen LogP contribution in [0.1, 0.15) is 43.6 Å². The number of methoxy groups -OCH3 is 1. The van der Waals surface area contributed by atoms with Crippen LogP contribution in [0.25, 0.3) is 0 Å². The minimum Gasteiger partial charge on any atom is -0.400 e. The summed E-state index contributed by atoms with van der Waals surface area (Å²) in [6, 6.07) is 6.94. The fourth-order valence-corrected chi connectivity index (χ4v) is 2.22. The highest BCUT2D eigenvalue weighted by molar-refractivity contribution is 6.49. The molecule has 1 atom stereocenters. The Morgan fingerprint density at radius 3 is 2.29 bits per heavy atom. The first kappa shape index (κ1) is 16.2. The highest BCUT2D eigenvalue weighted by atomic mass is 16.7. The predicted octanol–water partition coefficient (Wildman–Crippen LogP) is 1.89. The Kier molecular flexibility index (Phi) is 4.01. The molecule has 1 fully saturated rings. The zero-order valence-corrected chi connectivity index (χ0v) is 13.2. The van der Waals surface area contributed by atoms with Crippen molar-refractivity contribution in [3.05, 3.63) is 35.4 Å². The summed E-state index contributed by atoms with van der Waals surface area (Å²) >= 11 is 0. The maximum Gasteiger partial charge on any atom is 0.513 e. The number of aldehydes is 1. The van der Waals surface area contributed by atoms with E-state index in [0.717, 1.165) is 6.29 Å². The zero-order chi connectivity index (χ0) is 15.9.